The van der Waals surface area contributed by atoms with Gasteiger partial charge in [-0.15, -0.1) is 11.8 Å². The molecule has 3 aromatic carbocycles. The van der Waals surface area contributed by atoms with Crippen LogP contribution in [0.4, 0.5) is 5.69 Å². The molecule has 6 aromatic rings. The molecule has 0 saturated heterocycles. The Morgan fingerprint density at radius 3 is 2.51 bits per heavy atom. The van der Waals surface area contributed by atoms with Crippen LogP contribution in [-0.2, 0) is 17.0 Å². The van der Waals surface area contributed by atoms with Gasteiger partial charge in [0.25, 0.3) is 5.89 Å². The third-order valence-electron chi connectivity index (χ3n) is 6.93. The first kappa shape index (κ1) is 29.8. The number of aryl methyl sites for hydroxylation is 1. The van der Waals surface area contributed by atoms with Crippen molar-refractivity contribution in [2.75, 3.05) is 5.32 Å². The number of H-pyrrole nitrogens is 1. The van der Waals surface area contributed by atoms with Crippen molar-refractivity contribution in [1.82, 2.24) is 20.2 Å². The number of nitrogens with zero attached hydrogens (tertiary/aromatic N) is 4. The van der Waals surface area contributed by atoms with E-state index in [9.17, 15) is 9.59 Å². The van der Waals surface area contributed by atoms with Crippen LogP contribution < -0.4 is 15.6 Å². The Bertz CT molecular complexity index is 1970. The maximum Gasteiger partial charge on any atom is 0.414 e. The van der Waals surface area contributed by atoms with Crippen LogP contribution in [0.1, 0.15) is 42.7 Å². The molecule has 3 aromatic heterocycles. The lowest BCUT2D eigenvalue weighted by Gasteiger charge is -2.05. The number of aromatic nitrogens is 5. The Hall–Kier alpha value is -5.29. The lowest BCUT2D eigenvalue weighted by molar-refractivity contribution is -0.649. The summed E-state index contributed by atoms with van der Waals surface area (Å²) in [7, 11) is 0. The molecule has 0 fully saturated rings. The number of hydrogen-bond donors (Lipinski definition) is 2. The molecule has 0 aliphatic carbocycles. The minimum atomic E-state index is -0.350. The summed E-state index contributed by atoms with van der Waals surface area (Å²) in [5.41, 5.74) is 4.22. The number of anilines is 1. The van der Waals surface area contributed by atoms with E-state index in [1.165, 1.54) is 22.0 Å². The van der Waals surface area contributed by atoms with E-state index in [1.807, 2.05) is 92.7 Å². The molecule has 0 radical (unpaired) electrons. The van der Waals surface area contributed by atoms with Gasteiger partial charge in [-0.1, -0.05) is 60.1 Å². The van der Waals surface area contributed by atoms with E-state index in [1.54, 1.807) is 12.3 Å². The fraction of sp³-hybridized carbons (Fsp3) is 0.176. The van der Waals surface area contributed by atoms with Crippen LogP contribution in [-0.4, -0.2) is 26.1 Å². The van der Waals surface area contributed by atoms with E-state index in [0.717, 1.165) is 28.1 Å². The van der Waals surface area contributed by atoms with Crippen molar-refractivity contribution in [3.63, 3.8) is 0 Å². The van der Waals surface area contributed by atoms with Gasteiger partial charge in [-0.05, 0) is 60.0 Å². The first-order chi connectivity index (χ1) is 21.9. The Morgan fingerprint density at radius 1 is 0.978 bits per heavy atom. The molecule has 0 atom stereocenters. The molecule has 226 valence electrons. The van der Waals surface area contributed by atoms with Gasteiger partial charge in [0.05, 0.1) is 17.7 Å². The van der Waals surface area contributed by atoms with E-state index in [-0.39, 0.29) is 17.2 Å². The normalized spacial score (nSPS) is 11.1. The lowest BCUT2D eigenvalue weighted by Crippen LogP contribution is -2.40. The van der Waals surface area contributed by atoms with Gasteiger partial charge < -0.3 is 19.2 Å². The molecule has 0 saturated carbocycles. The van der Waals surface area contributed by atoms with Gasteiger partial charge in [-0.2, -0.15) is 4.98 Å². The van der Waals surface area contributed by atoms with Crippen molar-refractivity contribution in [2.45, 2.75) is 43.8 Å². The van der Waals surface area contributed by atoms with Crippen molar-refractivity contribution in [3.8, 4) is 28.5 Å². The number of carbonyl (C=O) groups is 1. The van der Waals surface area contributed by atoms with Crippen LogP contribution in [0.25, 0.3) is 28.5 Å². The van der Waals surface area contributed by atoms with Crippen LogP contribution in [0.15, 0.2) is 110 Å². The molecule has 0 aliphatic heterocycles. The Morgan fingerprint density at radius 2 is 1.76 bits per heavy atom. The number of aromatic amines is 1. The highest BCUT2D eigenvalue weighted by Gasteiger charge is 2.29. The van der Waals surface area contributed by atoms with E-state index in [0.29, 0.717) is 47.7 Å². The largest absolute Gasteiger partial charge is 0.414 e. The molecule has 10 nitrogen and oxygen atoms in total. The van der Waals surface area contributed by atoms with Gasteiger partial charge in [-0.25, -0.2) is 0 Å². The number of pyridine rings is 1. The molecule has 11 heteroatoms. The Kier molecular flexibility index (Phi) is 8.97. The summed E-state index contributed by atoms with van der Waals surface area (Å²) < 4.78 is 13.3. The van der Waals surface area contributed by atoms with Crippen molar-refractivity contribution < 1.29 is 18.4 Å². The predicted molar refractivity (Wildman–Crippen MR) is 171 cm³/mol. The van der Waals surface area contributed by atoms with Gasteiger partial charge in [0.15, 0.2) is 0 Å². The molecule has 3 heterocycles. The topological polar surface area (TPSA) is 131 Å². The highest BCUT2D eigenvalue weighted by molar-refractivity contribution is 7.98. The average molecular weight is 620 g/mol. The molecule has 0 bridgehead atoms. The summed E-state index contributed by atoms with van der Waals surface area (Å²) in [6, 6.07) is 26.9. The van der Waals surface area contributed by atoms with Gasteiger partial charge in [0.1, 0.15) is 0 Å². The maximum atomic E-state index is 13.1. The fourth-order valence-corrected chi connectivity index (χ4v) is 5.36. The second kappa shape index (κ2) is 13.6. The molecule has 6 rings (SSSR count). The predicted octanol–water partition coefficient (Wildman–Crippen LogP) is 6.29. The molecule has 1 amide bonds. The van der Waals surface area contributed by atoms with Crippen LogP contribution in [0.5, 0.6) is 0 Å². The summed E-state index contributed by atoms with van der Waals surface area (Å²) in [5.74, 6) is 2.08. The molecular weight excluding hydrogens is 588 g/mol. The number of rotatable bonds is 11. The van der Waals surface area contributed by atoms with Crippen molar-refractivity contribution in [2.24, 2.45) is 0 Å². The van der Waals surface area contributed by atoms with E-state index < -0.39 is 0 Å². The summed E-state index contributed by atoms with van der Waals surface area (Å²) in [6.07, 6.45) is 3.33. The molecule has 2 N–H and O–H groups in total. The third kappa shape index (κ3) is 7.27. The van der Waals surface area contributed by atoms with Gasteiger partial charge in [0, 0.05) is 39.9 Å². The third-order valence-corrected chi connectivity index (χ3v) is 7.93. The zero-order chi connectivity index (χ0) is 31.2. The van der Waals surface area contributed by atoms with Crippen LogP contribution in [0.3, 0.4) is 0 Å². The Balaban J connectivity index is 1.25. The number of benzene rings is 3. The van der Waals surface area contributed by atoms with E-state index in [2.05, 4.69) is 20.4 Å². The second-order valence-corrected chi connectivity index (χ2v) is 11.5. The minimum absolute atomic E-state index is 0.00300. The average Bonchev–Trinajstić information content (AvgIpc) is 3.70. The van der Waals surface area contributed by atoms with Crippen molar-refractivity contribution >= 4 is 23.4 Å². The van der Waals surface area contributed by atoms with Crippen molar-refractivity contribution in [3.05, 3.63) is 124 Å². The summed E-state index contributed by atoms with van der Waals surface area (Å²) in [4.78, 5) is 33.4. The van der Waals surface area contributed by atoms with Crippen LogP contribution in [0, 0.1) is 6.92 Å². The zero-order valence-corrected chi connectivity index (χ0v) is 25.6. The lowest BCUT2D eigenvalue weighted by atomic mass is 10.1. The SMILES string of the molecule is CCCC(=O)Nc1ccc(SCc2n[n+](-c3cc(-c4noc(Cc5ccc(C)cc5)n4)c[nH]c3=O)c(-c3ccccc3)o2)cc1. The van der Waals surface area contributed by atoms with Crippen LogP contribution in [0.2, 0.25) is 0 Å². The van der Waals surface area contributed by atoms with E-state index >= 15 is 0 Å². The van der Waals surface area contributed by atoms with Crippen LogP contribution >= 0.6 is 11.8 Å². The molecule has 0 spiro atoms. The minimum Gasteiger partial charge on any atom is -0.381 e. The number of thioether (sulfide) groups is 1. The smallest absolute Gasteiger partial charge is 0.381 e. The second-order valence-electron chi connectivity index (χ2n) is 10.5. The fourth-order valence-electron chi connectivity index (χ4n) is 4.63. The summed E-state index contributed by atoms with van der Waals surface area (Å²) in [6.45, 7) is 4.01. The molecule has 0 aliphatic rings. The van der Waals surface area contributed by atoms with E-state index in [4.69, 9.17) is 14.0 Å². The number of carbonyl (C=O) groups excluding carboxylic acids is 1. The molecular formula is C34H31N6O4S+. The zero-order valence-electron chi connectivity index (χ0n) is 24.8. The quantitative estimate of drug-likeness (QED) is 0.128. The summed E-state index contributed by atoms with van der Waals surface area (Å²) in [5, 5.41) is 11.8. The molecule has 0 unspecified atom stereocenters. The number of hydrogen-bond acceptors (Lipinski definition) is 8. The monoisotopic (exact) mass is 619 g/mol. The highest BCUT2D eigenvalue weighted by Crippen LogP contribution is 2.26. The first-order valence-electron chi connectivity index (χ1n) is 14.6. The van der Waals surface area contributed by atoms with Gasteiger partial charge in [0.2, 0.25) is 17.6 Å². The highest BCUT2D eigenvalue weighted by atomic mass is 32.2. The first-order valence-corrected chi connectivity index (χ1v) is 15.6. The van der Waals surface area contributed by atoms with Gasteiger partial charge >= 0.3 is 17.1 Å². The number of nitrogens with one attached hydrogen (secondary N) is 2. The summed E-state index contributed by atoms with van der Waals surface area (Å²) >= 11 is 1.53. The maximum absolute atomic E-state index is 13.1. The number of amides is 1. The standard InChI is InChI=1S/C34H30N6O4S/c1-3-7-29(41)36-26-14-16-27(17-15-26)45-21-31-38-40(34(43-31)24-8-5-4-6-9-24)28-19-25(20-35-33(28)42)32-37-30(44-39-32)18-23-12-10-22(2)11-13-23/h4-6,8-17,19-20H,3,7,18,21H2,1-2H3,(H-,35,36,39,41,42)/p+1. The molecule has 45 heavy (non-hydrogen) atoms. The van der Waals surface area contributed by atoms with Crippen molar-refractivity contribution in [1.29, 1.82) is 0 Å². The van der Waals surface area contributed by atoms with Gasteiger partial charge in [-0.3, -0.25) is 9.59 Å². The Labute approximate surface area is 263 Å².